The lowest BCUT2D eigenvalue weighted by Crippen LogP contribution is -2.09. The zero-order chi connectivity index (χ0) is 15.6. The summed E-state index contributed by atoms with van der Waals surface area (Å²) in [6, 6.07) is 10.9. The van der Waals surface area contributed by atoms with Crippen molar-refractivity contribution in [1.82, 2.24) is 0 Å². The van der Waals surface area contributed by atoms with Crippen molar-refractivity contribution < 1.29 is 17.9 Å². The van der Waals surface area contributed by atoms with Crippen molar-refractivity contribution in [3.05, 3.63) is 63.7 Å². The summed E-state index contributed by atoms with van der Waals surface area (Å²) in [7, 11) is -4.71. The smallest absolute Gasteiger partial charge is 0.301 e. The van der Waals surface area contributed by atoms with Crippen LogP contribution in [0.15, 0.2) is 47.4 Å². The largest absolute Gasteiger partial charge is 0.398 e. The van der Waals surface area contributed by atoms with Gasteiger partial charge < -0.3 is 5.73 Å². The number of nitro benzene ring substituents is 1. The van der Waals surface area contributed by atoms with E-state index in [1.54, 1.807) is 30.3 Å². The maximum atomic E-state index is 11.3. The van der Waals surface area contributed by atoms with Crippen molar-refractivity contribution >= 4 is 21.5 Å². The van der Waals surface area contributed by atoms with Gasteiger partial charge in [0.25, 0.3) is 5.69 Å². The van der Waals surface area contributed by atoms with E-state index in [4.69, 9.17) is 10.3 Å². The number of nitro groups is 1. The van der Waals surface area contributed by atoms with E-state index in [1.165, 1.54) is 6.07 Å². The molecular formula is C13H12N2O5S. The Hall–Kier alpha value is -2.45. The Bertz CT molecular complexity index is 788. The van der Waals surface area contributed by atoms with E-state index in [0.717, 1.165) is 11.6 Å². The molecule has 0 aliphatic rings. The highest BCUT2D eigenvalue weighted by molar-refractivity contribution is 7.86. The molecule has 21 heavy (non-hydrogen) atoms. The van der Waals surface area contributed by atoms with Gasteiger partial charge in [-0.25, -0.2) is 0 Å². The zero-order valence-electron chi connectivity index (χ0n) is 10.8. The van der Waals surface area contributed by atoms with Crippen molar-refractivity contribution in [2.45, 2.75) is 11.3 Å². The molecule has 2 aromatic carbocycles. The number of benzene rings is 2. The van der Waals surface area contributed by atoms with Crippen LogP contribution in [0.5, 0.6) is 0 Å². The molecular weight excluding hydrogens is 296 g/mol. The van der Waals surface area contributed by atoms with Gasteiger partial charge in [-0.15, -0.1) is 0 Å². The molecule has 0 heterocycles. The first-order valence-electron chi connectivity index (χ1n) is 5.88. The van der Waals surface area contributed by atoms with Crippen LogP contribution in [-0.2, 0) is 16.5 Å². The SMILES string of the molecule is Nc1ccc(S(=O)(=O)O)c([N+](=O)[O-])c1Cc1ccccc1. The molecule has 0 atom stereocenters. The van der Waals surface area contributed by atoms with Gasteiger partial charge in [-0.05, 0) is 17.7 Å². The normalized spacial score (nSPS) is 11.3. The molecule has 8 heteroatoms. The quantitative estimate of drug-likeness (QED) is 0.385. The highest BCUT2D eigenvalue weighted by Gasteiger charge is 2.29. The molecule has 2 aromatic rings. The Kier molecular flexibility index (Phi) is 3.92. The molecule has 0 saturated heterocycles. The predicted molar refractivity (Wildman–Crippen MR) is 76.6 cm³/mol. The van der Waals surface area contributed by atoms with Crippen molar-refractivity contribution in [3.63, 3.8) is 0 Å². The Morgan fingerprint density at radius 1 is 1.14 bits per heavy atom. The van der Waals surface area contributed by atoms with E-state index < -0.39 is 25.6 Å². The van der Waals surface area contributed by atoms with Crippen molar-refractivity contribution in [2.24, 2.45) is 0 Å². The molecule has 0 amide bonds. The van der Waals surface area contributed by atoms with Crippen LogP contribution in [0.4, 0.5) is 11.4 Å². The van der Waals surface area contributed by atoms with Gasteiger partial charge in [0.05, 0.1) is 10.5 Å². The Labute approximate surface area is 120 Å². The van der Waals surface area contributed by atoms with Gasteiger partial charge in [0.1, 0.15) is 0 Å². The number of nitrogens with zero attached hydrogens (tertiary/aromatic N) is 1. The van der Waals surface area contributed by atoms with Gasteiger partial charge in [-0.1, -0.05) is 30.3 Å². The van der Waals surface area contributed by atoms with E-state index in [-0.39, 0.29) is 17.7 Å². The van der Waals surface area contributed by atoms with Gasteiger partial charge >= 0.3 is 10.1 Å². The second kappa shape index (κ2) is 5.51. The molecule has 0 aliphatic carbocycles. The summed E-state index contributed by atoms with van der Waals surface area (Å²) in [5.41, 5.74) is 5.93. The molecule has 0 fully saturated rings. The van der Waals surface area contributed by atoms with Gasteiger partial charge in [0, 0.05) is 12.1 Å². The van der Waals surface area contributed by atoms with Crippen LogP contribution < -0.4 is 5.73 Å². The Morgan fingerprint density at radius 3 is 2.29 bits per heavy atom. The van der Waals surface area contributed by atoms with Crippen LogP contribution in [0, 0.1) is 10.1 Å². The average molecular weight is 308 g/mol. The van der Waals surface area contributed by atoms with Crippen LogP contribution in [0.25, 0.3) is 0 Å². The van der Waals surface area contributed by atoms with Gasteiger partial charge in [0.15, 0.2) is 4.90 Å². The number of anilines is 1. The molecule has 7 nitrogen and oxygen atoms in total. The van der Waals surface area contributed by atoms with Crippen molar-refractivity contribution in [1.29, 1.82) is 0 Å². The third kappa shape index (κ3) is 3.18. The molecule has 110 valence electrons. The van der Waals surface area contributed by atoms with Crippen LogP contribution in [0.3, 0.4) is 0 Å². The number of nitrogens with two attached hydrogens (primary N) is 1. The fourth-order valence-corrected chi connectivity index (χ4v) is 2.71. The number of hydrogen-bond donors (Lipinski definition) is 2. The predicted octanol–water partition coefficient (Wildman–Crippen LogP) is 2.01. The summed E-state index contributed by atoms with van der Waals surface area (Å²) in [5.74, 6) is 0. The highest BCUT2D eigenvalue weighted by atomic mass is 32.2. The molecule has 0 aromatic heterocycles. The lowest BCUT2D eigenvalue weighted by Gasteiger charge is -2.09. The highest BCUT2D eigenvalue weighted by Crippen LogP contribution is 2.33. The van der Waals surface area contributed by atoms with Crippen LogP contribution in [-0.4, -0.2) is 17.9 Å². The monoisotopic (exact) mass is 308 g/mol. The molecule has 0 radical (unpaired) electrons. The number of nitrogen functional groups attached to an aromatic ring is 1. The maximum Gasteiger partial charge on any atom is 0.301 e. The summed E-state index contributed by atoms with van der Waals surface area (Å²) in [5, 5.41) is 11.2. The molecule has 0 bridgehead atoms. The first kappa shape index (κ1) is 14.9. The van der Waals surface area contributed by atoms with Crippen molar-refractivity contribution in [2.75, 3.05) is 5.73 Å². The molecule has 0 saturated carbocycles. The van der Waals surface area contributed by atoms with Crippen molar-refractivity contribution in [3.8, 4) is 0 Å². The summed E-state index contributed by atoms with van der Waals surface area (Å²) >= 11 is 0. The number of hydrogen-bond acceptors (Lipinski definition) is 5. The fourth-order valence-electron chi connectivity index (χ4n) is 2.02. The minimum atomic E-state index is -4.71. The lowest BCUT2D eigenvalue weighted by atomic mass is 10.0. The third-order valence-corrected chi connectivity index (χ3v) is 3.85. The summed E-state index contributed by atoms with van der Waals surface area (Å²) in [6.07, 6.45) is 0.0896. The summed E-state index contributed by atoms with van der Waals surface area (Å²) in [6.45, 7) is 0. The van der Waals surface area contributed by atoms with E-state index in [0.29, 0.717) is 0 Å². The molecule has 0 aliphatic heterocycles. The first-order chi connectivity index (χ1) is 9.80. The maximum absolute atomic E-state index is 11.3. The van der Waals surface area contributed by atoms with E-state index in [2.05, 4.69) is 0 Å². The number of rotatable bonds is 4. The van der Waals surface area contributed by atoms with Gasteiger partial charge in [-0.3, -0.25) is 14.7 Å². The second-order valence-electron chi connectivity index (χ2n) is 4.37. The molecule has 0 spiro atoms. The van der Waals surface area contributed by atoms with E-state index >= 15 is 0 Å². The summed E-state index contributed by atoms with van der Waals surface area (Å²) in [4.78, 5) is 9.60. The first-order valence-corrected chi connectivity index (χ1v) is 7.32. The van der Waals surface area contributed by atoms with Crippen LogP contribution in [0.1, 0.15) is 11.1 Å². The minimum absolute atomic E-state index is 0.0568. The van der Waals surface area contributed by atoms with E-state index in [1.807, 2.05) is 0 Å². The van der Waals surface area contributed by atoms with Gasteiger partial charge in [-0.2, -0.15) is 8.42 Å². The topological polar surface area (TPSA) is 124 Å². The second-order valence-corrected chi connectivity index (χ2v) is 5.76. The standard InChI is InChI=1S/C13H12N2O5S/c14-11-6-7-12(21(18,19)20)13(15(16)17)10(11)8-9-4-2-1-3-5-9/h1-7H,8,14H2,(H,18,19,20). The Morgan fingerprint density at radius 2 is 1.76 bits per heavy atom. The zero-order valence-corrected chi connectivity index (χ0v) is 11.6. The van der Waals surface area contributed by atoms with Crippen LogP contribution in [0.2, 0.25) is 0 Å². The summed E-state index contributed by atoms with van der Waals surface area (Å²) < 4.78 is 31.7. The van der Waals surface area contributed by atoms with Crippen LogP contribution >= 0.6 is 0 Å². The fraction of sp³-hybridized carbons (Fsp3) is 0.0769. The van der Waals surface area contributed by atoms with Gasteiger partial charge in [0.2, 0.25) is 0 Å². The third-order valence-electron chi connectivity index (χ3n) is 2.97. The van der Waals surface area contributed by atoms with E-state index in [9.17, 15) is 18.5 Å². The Balaban J connectivity index is 2.67. The molecule has 3 N–H and O–H groups in total. The average Bonchev–Trinajstić information content (AvgIpc) is 2.40. The lowest BCUT2D eigenvalue weighted by molar-refractivity contribution is -0.388. The molecule has 0 unspecified atom stereocenters. The minimum Gasteiger partial charge on any atom is -0.398 e. The molecule has 2 rings (SSSR count).